The lowest BCUT2D eigenvalue weighted by Crippen LogP contribution is -2.32. The molecule has 2 heterocycles. The molecule has 0 spiro atoms. The summed E-state index contributed by atoms with van der Waals surface area (Å²) in [4.78, 5) is 25.9. The molecule has 0 aliphatic carbocycles. The number of benzene rings is 1. The van der Waals surface area contributed by atoms with E-state index >= 15 is 0 Å². The Morgan fingerprint density at radius 1 is 1.31 bits per heavy atom. The van der Waals surface area contributed by atoms with Crippen LogP contribution in [0.3, 0.4) is 0 Å². The Labute approximate surface area is 160 Å². The molecule has 1 aromatic carbocycles. The van der Waals surface area contributed by atoms with Crippen LogP contribution in [0.1, 0.15) is 11.3 Å². The van der Waals surface area contributed by atoms with Crippen molar-refractivity contribution in [2.75, 3.05) is 13.7 Å². The molecule has 3 amide bonds. The molecule has 1 aliphatic rings. The lowest BCUT2D eigenvalue weighted by molar-refractivity contribution is -0.127. The fourth-order valence-corrected chi connectivity index (χ4v) is 3.01. The van der Waals surface area contributed by atoms with Crippen LogP contribution in [-0.4, -0.2) is 51.6 Å². The summed E-state index contributed by atoms with van der Waals surface area (Å²) in [5, 5.41) is 11.6. The van der Waals surface area contributed by atoms with Crippen LogP contribution >= 0.6 is 23.2 Å². The fraction of sp³-hybridized carbons (Fsp3) is 0.375. The lowest BCUT2D eigenvalue weighted by Gasteiger charge is -2.14. The van der Waals surface area contributed by atoms with Gasteiger partial charge in [-0.15, -0.1) is 5.10 Å². The Bertz CT molecular complexity index is 826. The first-order valence-corrected chi connectivity index (χ1v) is 8.67. The number of ether oxygens (including phenoxy) is 1. The zero-order chi connectivity index (χ0) is 18.7. The predicted molar refractivity (Wildman–Crippen MR) is 94.9 cm³/mol. The van der Waals surface area contributed by atoms with Crippen molar-refractivity contribution in [2.24, 2.45) is 0 Å². The van der Waals surface area contributed by atoms with Crippen molar-refractivity contribution < 1.29 is 14.3 Å². The third-order valence-corrected chi connectivity index (χ3v) is 4.57. The van der Waals surface area contributed by atoms with Crippen LogP contribution in [0.25, 0.3) is 0 Å². The van der Waals surface area contributed by atoms with E-state index in [0.717, 1.165) is 4.90 Å². The van der Waals surface area contributed by atoms with E-state index in [1.807, 2.05) is 0 Å². The first-order valence-electron chi connectivity index (χ1n) is 7.91. The van der Waals surface area contributed by atoms with Gasteiger partial charge in [0.25, 0.3) is 5.91 Å². The highest BCUT2D eigenvalue weighted by Crippen LogP contribution is 2.24. The van der Waals surface area contributed by atoms with Gasteiger partial charge in [0.1, 0.15) is 6.04 Å². The second kappa shape index (κ2) is 8.03. The molecule has 26 heavy (non-hydrogen) atoms. The molecule has 138 valence electrons. The summed E-state index contributed by atoms with van der Waals surface area (Å²) in [7, 11) is 1.60. The summed E-state index contributed by atoms with van der Waals surface area (Å²) in [6.07, 6.45) is 1.99. The minimum Gasteiger partial charge on any atom is -0.383 e. The number of amides is 3. The number of nitrogens with zero attached hydrogens (tertiary/aromatic N) is 4. The van der Waals surface area contributed by atoms with Crippen LogP contribution in [0.5, 0.6) is 0 Å². The van der Waals surface area contributed by atoms with E-state index in [1.54, 1.807) is 36.2 Å². The van der Waals surface area contributed by atoms with Crippen molar-refractivity contribution in [2.45, 2.75) is 25.6 Å². The molecule has 3 rings (SSSR count). The number of methoxy groups -OCH3 is 1. The molecule has 1 N–H and O–H groups in total. The van der Waals surface area contributed by atoms with Crippen molar-refractivity contribution in [3.05, 3.63) is 45.7 Å². The standard InChI is InChI=1S/C16H17Cl2N5O3/c1-26-5-4-22-9-12(20-21-22)7-14-15(24)23(16(25)19-14)8-10-6-11(17)2-3-13(10)18/h2-3,6,9,14H,4-5,7-8H2,1H3,(H,19,25). The largest absolute Gasteiger partial charge is 0.383 e. The third kappa shape index (κ3) is 4.14. The molecule has 2 aromatic rings. The molecular formula is C16H17Cl2N5O3. The lowest BCUT2D eigenvalue weighted by atomic mass is 10.1. The number of hydrogen-bond acceptors (Lipinski definition) is 5. The first kappa shape index (κ1) is 18.6. The number of carbonyl (C=O) groups is 2. The Kier molecular flexibility index (Phi) is 5.75. The number of rotatable bonds is 7. The maximum Gasteiger partial charge on any atom is 0.325 e. The summed E-state index contributed by atoms with van der Waals surface area (Å²) < 4.78 is 6.61. The smallest absolute Gasteiger partial charge is 0.325 e. The topological polar surface area (TPSA) is 89.4 Å². The Morgan fingerprint density at radius 2 is 2.12 bits per heavy atom. The molecule has 1 fully saturated rings. The van der Waals surface area contributed by atoms with Crippen LogP contribution in [0.2, 0.25) is 10.0 Å². The molecule has 8 nitrogen and oxygen atoms in total. The minimum absolute atomic E-state index is 0.0566. The summed E-state index contributed by atoms with van der Waals surface area (Å²) in [6, 6.07) is 3.76. The van der Waals surface area contributed by atoms with Gasteiger partial charge in [0.2, 0.25) is 0 Å². The minimum atomic E-state index is -0.687. The van der Waals surface area contributed by atoms with Gasteiger partial charge in [-0.3, -0.25) is 9.69 Å². The molecule has 1 saturated heterocycles. The van der Waals surface area contributed by atoms with E-state index in [-0.39, 0.29) is 18.9 Å². The number of nitrogens with one attached hydrogen (secondary N) is 1. The van der Waals surface area contributed by atoms with Gasteiger partial charge >= 0.3 is 6.03 Å². The first-order chi connectivity index (χ1) is 12.5. The molecule has 10 heteroatoms. The van der Waals surface area contributed by atoms with Crippen molar-refractivity contribution in [3.63, 3.8) is 0 Å². The Morgan fingerprint density at radius 3 is 2.88 bits per heavy atom. The average molecular weight is 398 g/mol. The summed E-state index contributed by atoms with van der Waals surface area (Å²) in [6.45, 7) is 1.13. The maximum absolute atomic E-state index is 12.6. The molecule has 0 radical (unpaired) electrons. The second-order valence-corrected chi connectivity index (χ2v) is 6.68. The van der Waals surface area contributed by atoms with Gasteiger partial charge in [0, 0.05) is 29.8 Å². The van der Waals surface area contributed by atoms with Crippen LogP contribution in [0.4, 0.5) is 4.79 Å². The van der Waals surface area contributed by atoms with Gasteiger partial charge in [-0.2, -0.15) is 0 Å². The van der Waals surface area contributed by atoms with Gasteiger partial charge < -0.3 is 10.1 Å². The van der Waals surface area contributed by atoms with Gasteiger partial charge in [-0.1, -0.05) is 28.4 Å². The highest BCUT2D eigenvalue weighted by atomic mass is 35.5. The number of halogens is 2. The normalized spacial score (nSPS) is 17.0. The zero-order valence-corrected chi connectivity index (χ0v) is 15.5. The molecule has 0 saturated carbocycles. The van der Waals surface area contributed by atoms with E-state index in [1.165, 1.54) is 0 Å². The SMILES string of the molecule is COCCn1cc(CC2NC(=O)N(Cc3cc(Cl)ccc3Cl)C2=O)nn1. The van der Waals surface area contributed by atoms with Crippen molar-refractivity contribution in [1.29, 1.82) is 0 Å². The van der Waals surface area contributed by atoms with Gasteiger partial charge in [0.05, 0.1) is 25.4 Å². The van der Waals surface area contributed by atoms with E-state index in [9.17, 15) is 9.59 Å². The molecule has 1 unspecified atom stereocenters. The van der Waals surface area contributed by atoms with Gasteiger partial charge in [-0.05, 0) is 23.8 Å². The number of urea groups is 1. The fourth-order valence-electron chi connectivity index (χ4n) is 2.64. The molecular weight excluding hydrogens is 381 g/mol. The van der Waals surface area contributed by atoms with Crippen LogP contribution in [0, 0.1) is 0 Å². The van der Waals surface area contributed by atoms with Gasteiger partial charge in [-0.25, -0.2) is 9.48 Å². The van der Waals surface area contributed by atoms with Crippen molar-refractivity contribution >= 4 is 35.1 Å². The van der Waals surface area contributed by atoms with E-state index in [2.05, 4.69) is 15.6 Å². The predicted octanol–water partition coefficient (Wildman–Crippen LogP) is 1.89. The maximum atomic E-state index is 12.6. The Balaban J connectivity index is 1.66. The number of aromatic nitrogens is 3. The molecule has 1 aromatic heterocycles. The number of imide groups is 1. The van der Waals surface area contributed by atoms with Gasteiger partial charge in [0.15, 0.2) is 0 Å². The highest BCUT2D eigenvalue weighted by molar-refractivity contribution is 6.33. The van der Waals surface area contributed by atoms with Crippen LogP contribution in [-0.2, 0) is 29.0 Å². The second-order valence-electron chi connectivity index (χ2n) is 5.83. The molecule has 1 aliphatic heterocycles. The zero-order valence-electron chi connectivity index (χ0n) is 14.0. The summed E-state index contributed by atoms with van der Waals surface area (Å²) >= 11 is 12.1. The van der Waals surface area contributed by atoms with Crippen LogP contribution in [0.15, 0.2) is 24.4 Å². The van der Waals surface area contributed by atoms with E-state index in [0.29, 0.717) is 34.5 Å². The summed E-state index contributed by atoms with van der Waals surface area (Å²) in [5.41, 5.74) is 1.22. The Hall–Kier alpha value is -2.16. The summed E-state index contributed by atoms with van der Waals surface area (Å²) in [5.74, 6) is -0.336. The molecule has 0 bridgehead atoms. The van der Waals surface area contributed by atoms with E-state index in [4.69, 9.17) is 27.9 Å². The van der Waals surface area contributed by atoms with Crippen molar-refractivity contribution in [3.8, 4) is 0 Å². The third-order valence-electron chi connectivity index (χ3n) is 3.97. The van der Waals surface area contributed by atoms with Crippen LogP contribution < -0.4 is 5.32 Å². The number of carbonyl (C=O) groups excluding carboxylic acids is 2. The monoisotopic (exact) mass is 397 g/mol. The van der Waals surface area contributed by atoms with E-state index < -0.39 is 12.1 Å². The van der Waals surface area contributed by atoms with Crippen molar-refractivity contribution in [1.82, 2.24) is 25.2 Å². The molecule has 1 atom stereocenters. The average Bonchev–Trinajstić information content (AvgIpc) is 3.16. The quantitative estimate of drug-likeness (QED) is 0.720. The highest BCUT2D eigenvalue weighted by Gasteiger charge is 2.38. The number of hydrogen-bond donors (Lipinski definition) is 1.